The van der Waals surface area contributed by atoms with Gasteiger partial charge in [0.25, 0.3) is 11.8 Å². The molecule has 2 aliphatic heterocycles. The van der Waals surface area contributed by atoms with E-state index in [1.165, 1.54) is 35.2 Å². The Labute approximate surface area is 211 Å². The summed E-state index contributed by atoms with van der Waals surface area (Å²) in [5.74, 6) is -3.58. The Morgan fingerprint density at radius 2 is 1.76 bits per heavy atom. The molecule has 3 atom stereocenters. The first kappa shape index (κ1) is 26.0. The van der Waals surface area contributed by atoms with Crippen molar-refractivity contribution in [2.75, 3.05) is 25.0 Å². The molecule has 2 aliphatic rings. The summed E-state index contributed by atoms with van der Waals surface area (Å²) in [5, 5.41) is 14.5. The van der Waals surface area contributed by atoms with Crippen LogP contribution in [-0.4, -0.2) is 70.7 Å². The minimum absolute atomic E-state index is 0.00214. The zero-order valence-corrected chi connectivity index (χ0v) is 19.7. The van der Waals surface area contributed by atoms with Crippen molar-refractivity contribution in [3.8, 4) is 0 Å². The number of nitrogens with zero attached hydrogens (tertiary/aromatic N) is 2. The number of aliphatic carboxylic acids is 1. The van der Waals surface area contributed by atoms with Crippen LogP contribution in [0.3, 0.4) is 0 Å². The van der Waals surface area contributed by atoms with Crippen LogP contribution in [0, 0.1) is 11.6 Å². The fraction of sp³-hybridized carbons (Fsp3) is 0.360. The Kier molecular flexibility index (Phi) is 7.97. The van der Waals surface area contributed by atoms with E-state index in [9.17, 15) is 33.1 Å². The van der Waals surface area contributed by atoms with E-state index in [4.69, 9.17) is 4.74 Å². The van der Waals surface area contributed by atoms with Crippen LogP contribution in [0.2, 0.25) is 0 Å². The summed E-state index contributed by atoms with van der Waals surface area (Å²) < 4.78 is 32.5. The van der Waals surface area contributed by atoms with Gasteiger partial charge in [-0.15, -0.1) is 0 Å². The van der Waals surface area contributed by atoms with E-state index < -0.39 is 60.2 Å². The molecule has 2 aromatic rings. The molecule has 10 nitrogen and oxygen atoms in total. The lowest BCUT2D eigenvalue weighted by Crippen LogP contribution is -2.56. The summed E-state index contributed by atoms with van der Waals surface area (Å²) >= 11 is 0. The van der Waals surface area contributed by atoms with Crippen LogP contribution in [0.5, 0.6) is 0 Å². The number of benzene rings is 2. The zero-order valence-electron chi connectivity index (χ0n) is 19.7. The number of carboxylic acid groups (broad SMARTS) is 1. The summed E-state index contributed by atoms with van der Waals surface area (Å²) in [6, 6.07) is 8.37. The molecule has 4 rings (SSSR count). The molecule has 2 heterocycles. The third-order valence-electron chi connectivity index (χ3n) is 6.20. The van der Waals surface area contributed by atoms with E-state index >= 15 is 0 Å². The summed E-state index contributed by atoms with van der Waals surface area (Å²) in [7, 11) is 0. The minimum atomic E-state index is -1.41. The van der Waals surface area contributed by atoms with Crippen molar-refractivity contribution >= 4 is 29.5 Å². The normalized spacial score (nSPS) is 19.9. The number of rotatable bonds is 7. The quantitative estimate of drug-likeness (QED) is 0.519. The van der Waals surface area contributed by atoms with Crippen molar-refractivity contribution < 1.29 is 37.8 Å². The summed E-state index contributed by atoms with van der Waals surface area (Å²) in [4.78, 5) is 53.7. The van der Waals surface area contributed by atoms with Gasteiger partial charge in [-0.2, -0.15) is 0 Å². The number of halogens is 2. The molecule has 0 radical (unpaired) electrons. The second-order valence-electron chi connectivity index (χ2n) is 8.75. The maximum Gasteiger partial charge on any atom is 0.323 e. The van der Waals surface area contributed by atoms with Gasteiger partial charge in [0, 0.05) is 25.4 Å². The molecule has 2 aromatic carbocycles. The number of carbonyl (C=O) groups is 4. The Morgan fingerprint density at radius 1 is 1.03 bits per heavy atom. The number of hydrogen-bond donors (Lipinski definition) is 3. The first-order valence-corrected chi connectivity index (χ1v) is 11.8. The number of anilines is 1. The van der Waals surface area contributed by atoms with E-state index in [1.807, 2.05) is 0 Å². The predicted molar refractivity (Wildman–Crippen MR) is 126 cm³/mol. The summed E-state index contributed by atoms with van der Waals surface area (Å²) in [5.41, 5.74) is 0.492. The van der Waals surface area contributed by atoms with Crippen LogP contribution < -0.4 is 10.6 Å². The molecule has 0 aliphatic carbocycles. The number of amides is 4. The number of ether oxygens (including phenoxy) is 1. The lowest BCUT2D eigenvalue weighted by atomic mass is 10.0. The van der Waals surface area contributed by atoms with Crippen LogP contribution in [0.15, 0.2) is 48.5 Å². The Balaban J connectivity index is 1.59. The van der Waals surface area contributed by atoms with Gasteiger partial charge in [0.05, 0.1) is 12.5 Å². The molecule has 0 spiro atoms. The largest absolute Gasteiger partial charge is 0.481 e. The predicted octanol–water partition coefficient (Wildman–Crippen LogP) is 2.48. The van der Waals surface area contributed by atoms with E-state index in [2.05, 4.69) is 10.6 Å². The van der Waals surface area contributed by atoms with E-state index in [-0.39, 0.29) is 18.8 Å². The van der Waals surface area contributed by atoms with Crippen LogP contribution in [0.4, 0.5) is 19.3 Å². The van der Waals surface area contributed by atoms with Gasteiger partial charge in [-0.3, -0.25) is 19.3 Å². The summed E-state index contributed by atoms with van der Waals surface area (Å²) in [6.45, 7) is 0.432. The molecule has 0 saturated carbocycles. The molecule has 0 bridgehead atoms. The van der Waals surface area contributed by atoms with Crippen LogP contribution in [0.25, 0.3) is 0 Å². The molecular formula is C25H26F2N4O6. The molecule has 37 heavy (non-hydrogen) atoms. The topological polar surface area (TPSA) is 128 Å². The highest BCUT2D eigenvalue weighted by Crippen LogP contribution is 2.25. The fourth-order valence-corrected chi connectivity index (χ4v) is 4.44. The van der Waals surface area contributed by atoms with Gasteiger partial charge in [0.15, 0.2) is 6.17 Å². The Hall–Kier alpha value is -4.06. The van der Waals surface area contributed by atoms with Crippen molar-refractivity contribution in [2.24, 2.45) is 0 Å². The number of carbonyl (C=O) groups excluding carboxylic acids is 3. The molecule has 4 amide bonds. The number of nitrogens with one attached hydrogen (secondary N) is 2. The highest BCUT2D eigenvalue weighted by atomic mass is 19.1. The maximum atomic E-state index is 13.6. The van der Waals surface area contributed by atoms with Crippen LogP contribution in [0.1, 0.15) is 30.9 Å². The lowest BCUT2D eigenvalue weighted by Gasteiger charge is -2.31. The minimum Gasteiger partial charge on any atom is -0.481 e. The van der Waals surface area contributed by atoms with Crippen molar-refractivity contribution in [1.82, 2.24) is 15.1 Å². The molecule has 2 fully saturated rings. The fourth-order valence-electron chi connectivity index (χ4n) is 4.44. The highest BCUT2D eigenvalue weighted by molar-refractivity contribution is 5.97. The SMILES string of the molecule is O=C(O)CC(NC(=O)C1N(C(=O)Nc2cccc(F)c2)CCN1C(=O)C1CCCO1)c1ccc(F)cc1. The monoisotopic (exact) mass is 516 g/mol. The van der Waals surface area contributed by atoms with Crippen molar-refractivity contribution in [1.29, 1.82) is 0 Å². The average molecular weight is 517 g/mol. The standard InChI is InChI=1S/C25H26F2N4O6/c26-16-8-6-15(7-9-16)19(14-21(32)33)29-22(34)23-30(24(35)20-5-2-12-37-20)10-11-31(23)25(36)28-18-4-1-3-17(27)13-18/h1,3-4,6-9,13,19-20,23H,2,5,10-12,14H2,(H,28,36)(H,29,34)(H,32,33). The van der Waals surface area contributed by atoms with Crippen LogP contribution in [-0.2, 0) is 19.1 Å². The van der Waals surface area contributed by atoms with Gasteiger partial charge in [-0.05, 0) is 48.7 Å². The summed E-state index contributed by atoms with van der Waals surface area (Å²) in [6.07, 6.45) is -1.54. The third kappa shape index (κ3) is 6.20. The first-order chi connectivity index (χ1) is 17.7. The smallest absolute Gasteiger partial charge is 0.323 e. The zero-order chi connectivity index (χ0) is 26.5. The maximum absolute atomic E-state index is 13.6. The van der Waals surface area contributed by atoms with Gasteiger partial charge in [-0.1, -0.05) is 18.2 Å². The second-order valence-corrected chi connectivity index (χ2v) is 8.75. The van der Waals surface area contributed by atoms with Crippen molar-refractivity contribution in [3.05, 3.63) is 65.7 Å². The van der Waals surface area contributed by atoms with E-state index in [1.54, 1.807) is 0 Å². The van der Waals surface area contributed by atoms with Gasteiger partial charge in [0.2, 0.25) is 0 Å². The second kappa shape index (κ2) is 11.3. The molecule has 12 heteroatoms. The molecule has 196 valence electrons. The first-order valence-electron chi connectivity index (χ1n) is 11.8. The molecule has 2 saturated heterocycles. The van der Waals surface area contributed by atoms with Gasteiger partial charge in [-0.25, -0.2) is 13.6 Å². The molecule has 3 unspecified atom stereocenters. The highest BCUT2D eigenvalue weighted by Gasteiger charge is 2.45. The van der Waals surface area contributed by atoms with E-state index in [0.29, 0.717) is 25.0 Å². The van der Waals surface area contributed by atoms with Crippen LogP contribution >= 0.6 is 0 Å². The molecule has 0 aromatic heterocycles. The third-order valence-corrected chi connectivity index (χ3v) is 6.20. The average Bonchev–Trinajstić information content (AvgIpc) is 3.54. The lowest BCUT2D eigenvalue weighted by molar-refractivity contribution is -0.148. The van der Waals surface area contributed by atoms with Gasteiger partial charge < -0.3 is 25.4 Å². The van der Waals surface area contributed by atoms with Crippen molar-refractivity contribution in [3.63, 3.8) is 0 Å². The molecule has 3 N–H and O–H groups in total. The number of carboxylic acids is 1. The van der Waals surface area contributed by atoms with Gasteiger partial charge >= 0.3 is 12.0 Å². The Bertz CT molecular complexity index is 1170. The van der Waals surface area contributed by atoms with E-state index in [0.717, 1.165) is 23.1 Å². The van der Waals surface area contributed by atoms with Gasteiger partial charge in [0.1, 0.15) is 17.7 Å². The molecular weight excluding hydrogens is 490 g/mol. The Morgan fingerprint density at radius 3 is 2.41 bits per heavy atom. The van der Waals surface area contributed by atoms with Crippen molar-refractivity contribution in [2.45, 2.75) is 37.6 Å². The number of urea groups is 1. The number of hydrogen-bond acceptors (Lipinski definition) is 5.